The Labute approximate surface area is 130 Å². The Kier molecular flexibility index (Phi) is 5.11. The van der Waals surface area contributed by atoms with Gasteiger partial charge in [0.1, 0.15) is 0 Å². The van der Waals surface area contributed by atoms with E-state index in [4.69, 9.17) is 5.73 Å². The van der Waals surface area contributed by atoms with Gasteiger partial charge >= 0.3 is 23.9 Å². The normalized spacial score (nSPS) is 13.6. The van der Waals surface area contributed by atoms with E-state index >= 15 is 0 Å². The number of anilines is 1. The van der Waals surface area contributed by atoms with E-state index in [1.54, 1.807) is 0 Å². The van der Waals surface area contributed by atoms with Gasteiger partial charge in [-0.25, -0.2) is 13.2 Å². The van der Waals surface area contributed by atoms with Gasteiger partial charge in [-0.3, -0.25) is 0 Å². The molecule has 0 saturated carbocycles. The molecule has 0 aliphatic heterocycles. The van der Waals surface area contributed by atoms with Gasteiger partial charge in [0, 0.05) is 5.69 Å². The fourth-order valence-corrected chi connectivity index (χ4v) is 2.44. The van der Waals surface area contributed by atoms with Crippen LogP contribution in [0.5, 0.6) is 0 Å². The first-order valence-electron chi connectivity index (χ1n) is 5.75. The molecule has 1 rings (SSSR count). The van der Waals surface area contributed by atoms with Gasteiger partial charge in [0.25, 0.3) is 0 Å². The molecular weight excluding hydrogens is 372 g/mol. The van der Waals surface area contributed by atoms with Crippen LogP contribution >= 0.6 is 0 Å². The lowest BCUT2D eigenvalue weighted by molar-refractivity contribution is -0.356. The molecule has 0 saturated heterocycles. The minimum absolute atomic E-state index is 0.0478. The molecule has 6 nitrogen and oxygen atoms in total. The minimum Gasteiger partial charge on any atom is -0.748 e. The third-order valence-electron chi connectivity index (χ3n) is 2.71. The van der Waals surface area contributed by atoms with Crippen molar-refractivity contribution in [2.45, 2.75) is 18.0 Å². The van der Waals surface area contributed by atoms with E-state index < -0.39 is 45.4 Å². The molecule has 0 radical (unpaired) electrons. The van der Waals surface area contributed by atoms with Gasteiger partial charge in [-0.05, 0) is 24.3 Å². The average Bonchev–Trinajstić information content (AvgIpc) is 2.34. The Hall–Kier alpha value is -2.02. The molecule has 1 aromatic rings. The quantitative estimate of drug-likeness (QED) is 0.369. The van der Waals surface area contributed by atoms with Crippen LogP contribution in [0.3, 0.4) is 0 Å². The number of nitrogen functional groups attached to an aromatic ring is 1. The lowest BCUT2D eigenvalue weighted by Gasteiger charge is -2.36. The van der Waals surface area contributed by atoms with Gasteiger partial charge in [-0.15, -0.1) is 0 Å². The average molecular weight is 380 g/mol. The highest BCUT2D eigenvalue weighted by molar-refractivity contribution is 7.85. The van der Waals surface area contributed by atoms with Crippen molar-refractivity contribution in [3.8, 4) is 0 Å². The van der Waals surface area contributed by atoms with Crippen LogP contribution in [0, 0.1) is 0 Å². The van der Waals surface area contributed by atoms with Crippen molar-refractivity contribution in [2.75, 3.05) is 11.5 Å². The largest absolute Gasteiger partial charge is 0.748 e. The zero-order valence-electron chi connectivity index (χ0n) is 11.3. The highest BCUT2D eigenvalue weighted by Crippen LogP contribution is 2.47. The molecule has 2 N–H and O–H groups in total. The molecule has 0 aromatic heterocycles. The van der Waals surface area contributed by atoms with Crippen LogP contribution in [0.25, 0.3) is 0 Å². The van der Waals surface area contributed by atoms with Crippen molar-refractivity contribution in [1.82, 2.24) is 0 Å². The van der Waals surface area contributed by atoms with Crippen LogP contribution < -0.4 is 5.73 Å². The Morgan fingerprint density at radius 2 is 1.46 bits per heavy atom. The monoisotopic (exact) mass is 380 g/mol. The fourth-order valence-electron chi connectivity index (χ4n) is 1.55. The van der Waals surface area contributed by atoms with Crippen molar-refractivity contribution in [1.29, 1.82) is 0 Å². The first-order valence-corrected chi connectivity index (χ1v) is 7.33. The van der Waals surface area contributed by atoms with E-state index in [0.29, 0.717) is 0 Å². The van der Waals surface area contributed by atoms with E-state index in [9.17, 15) is 44.1 Å². The molecule has 0 unspecified atom stereocenters. The Bertz CT molecular complexity index is 696. The summed E-state index contributed by atoms with van der Waals surface area (Å²) in [5.41, 5.74) is -0.969. The van der Waals surface area contributed by atoms with E-state index in [1.807, 2.05) is 0 Å². The maximum atomic E-state index is 12.9. The summed E-state index contributed by atoms with van der Waals surface area (Å²) < 4.78 is 113. The highest BCUT2D eigenvalue weighted by Gasteiger charge is 2.75. The van der Waals surface area contributed by atoms with E-state index in [0.717, 1.165) is 24.3 Å². The number of ether oxygens (including phenoxy) is 1. The number of rotatable bonds is 4. The second-order valence-electron chi connectivity index (χ2n) is 4.54. The van der Waals surface area contributed by atoms with Crippen molar-refractivity contribution in [3.05, 3.63) is 29.8 Å². The van der Waals surface area contributed by atoms with E-state index in [1.165, 1.54) is 0 Å². The number of hydrogen-bond donors (Lipinski definition) is 1. The maximum absolute atomic E-state index is 12.9. The summed E-state index contributed by atoms with van der Waals surface area (Å²) in [7, 11) is -6.07. The molecule has 1 aromatic carbocycles. The predicted octanol–water partition coefficient (Wildman–Crippen LogP) is 1.83. The molecule has 13 heteroatoms. The molecule has 0 fully saturated rings. The summed E-state index contributed by atoms with van der Waals surface area (Å²) in [6.45, 7) is 0. The molecule has 0 amide bonds. The fraction of sp³-hybridized carbons (Fsp3) is 0.364. The SMILES string of the molecule is Nc1ccc(C(=O)OC(CS(=O)(=O)[O-])(C(F)(F)F)C(F)(F)F)cc1. The zero-order valence-corrected chi connectivity index (χ0v) is 12.1. The number of esters is 1. The number of alkyl halides is 6. The van der Waals surface area contributed by atoms with Crippen LogP contribution in [0.15, 0.2) is 24.3 Å². The minimum atomic E-state index is -6.41. The van der Waals surface area contributed by atoms with Crippen LogP contribution in [-0.4, -0.2) is 42.6 Å². The Balaban J connectivity index is 3.42. The molecule has 0 aliphatic carbocycles. The van der Waals surface area contributed by atoms with Crippen molar-refractivity contribution in [2.24, 2.45) is 0 Å². The standard InChI is InChI=1S/C11H9F6NO5S/c12-10(13,14)9(11(15,16)17,5-24(20,21)22)23-8(19)6-1-3-7(18)4-2-6/h1-4H,5,18H2,(H,20,21,22)/p-1. The van der Waals surface area contributed by atoms with Crippen LogP contribution in [-0.2, 0) is 14.9 Å². The van der Waals surface area contributed by atoms with Crippen molar-refractivity contribution in [3.63, 3.8) is 0 Å². The van der Waals surface area contributed by atoms with Gasteiger partial charge in [0.05, 0.1) is 21.4 Å². The van der Waals surface area contributed by atoms with Crippen molar-refractivity contribution < 1.29 is 48.8 Å². The van der Waals surface area contributed by atoms with Crippen LogP contribution in [0.4, 0.5) is 32.0 Å². The van der Waals surface area contributed by atoms with Crippen LogP contribution in [0.2, 0.25) is 0 Å². The van der Waals surface area contributed by atoms with Gasteiger partial charge in [0.15, 0.2) is 0 Å². The number of carbonyl (C=O) groups excluding carboxylic acids is 1. The zero-order chi connectivity index (χ0) is 19.0. The number of halogens is 6. The van der Waals surface area contributed by atoms with Crippen LogP contribution in [0.1, 0.15) is 10.4 Å². The molecule has 0 spiro atoms. The summed E-state index contributed by atoms with van der Waals surface area (Å²) in [6, 6.07) is 3.51. The number of carbonyl (C=O) groups is 1. The second kappa shape index (κ2) is 6.12. The smallest absolute Gasteiger partial charge is 0.438 e. The van der Waals surface area contributed by atoms with E-state index in [2.05, 4.69) is 4.74 Å². The lowest BCUT2D eigenvalue weighted by Crippen LogP contribution is -2.63. The topological polar surface area (TPSA) is 110 Å². The Morgan fingerprint density at radius 3 is 1.79 bits per heavy atom. The van der Waals surface area contributed by atoms with E-state index in [-0.39, 0.29) is 5.69 Å². The summed E-state index contributed by atoms with van der Waals surface area (Å²) in [5.74, 6) is -5.18. The van der Waals surface area contributed by atoms with Gasteiger partial charge < -0.3 is 15.0 Å². The van der Waals surface area contributed by atoms with Crippen molar-refractivity contribution >= 4 is 21.8 Å². The third kappa shape index (κ3) is 4.29. The van der Waals surface area contributed by atoms with Gasteiger partial charge in [-0.2, -0.15) is 26.3 Å². The van der Waals surface area contributed by atoms with Gasteiger partial charge in [0.2, 0.25) is 0 Å². The maximum Gasteiger partial charge on any atom is 0.438 e. The number of nitrogens with two attached hydrogens (primary N) is 1. The Morgan fingerprint density at radius 1 is 1.04 bits per heavy atom. The molecular formula is C11H8F6NO5S-. The number of hydrogen-bond acceptors (Lipinski definition) is 6. The number of benzene rings is 1. The lowest BCUT2D eigenvalue weighted by atomic mass is 10.1. The summed E-state index contributed by atoms with van der Waals surface area (Å²) in [4.78, 5) is 11.6. The first kappa shape index (κ1) is 20.0. The predicted molar refractivity (Wildman–Crippen MR) is 65.7 cm³/mol. The first-order chi connectivity index (χ1) is 10.6. The summed E-state index contributed by atoms with van der Waals surface area (Å²) >= 11 is 0. The molecule has 0 atom stereocenters. The molecule has 24 heavy (non-hydrogen) atoms. The summed E-state index contributed by atoms with van der Waals surface area (Å²) in [5, 5.41) is 0. The molecule has 0 heterocycles. The highest BCUT2D eigenvalue weighted by atomic mass is 32.2. The molecule has 0 bridgehead atoms. The molecule has 136 valence electrons. The summed E-state index contributed by atoms with van der Waals surface area (Å²) in [6.07, 6.45) is -12.8. The second-order valence-corrected chi connectivity index (χ2v) is 5.94. The molecule has 0 aliphatic rings. The third-order valence-corrected chi connectivity index (χ3v) is 3.47. The van der Waals surface area contributed by atoms with Gasteiger partial charge in [-0.1, -0.05) is 0 Å².